The minimum Gasteiger partial charge on any atom is -0.227 e. The zero-order chi connectivity index (χ0) is 15.0. The molecule has 2 rings (SSSR count). The molecule has 0 unspecified atom stereocenters. The number of aromatic nitrogens is 1. The predicted molar refractivity (Wildman–Crippen MR) is 61.4 cm³/mol. The standard InChI is InChI=1S/C12H7F6NS/c13-11(14,15)9-8(6-7-4-2-1-3-5-7)20-10(19-9)12(16,17)18/h1-5H,6H2. The van der Waals surface area contributed by atoms with Crippen LogP contribution >= 0.6 is 11.3 Å². The molecule has 1 heterocycles. The van der Waals surface area contributed by atoms with E-state index < -0.39 is 27.9 Å². The van der Waals surface area contributed by atoms with E-state index in [1.165, 1.54) is 0 Å². The molecule has 0 aliphatic carbocycles. The second kappa shape index (κ2) is 5.08. The van der Waals surface area contributed by atoms with E-state index in [-0.39, 0.29) is 17.8 Å². The Morgan fingerprint density at radius 1 is 0.900 bits per heavy atom. The monoisotopic (exact) mass is 311 g/mol. The smallest absolute Gasteiger partial charge is 0.227 e. The van der Waals surface area contributed by atoms with Crippen LogP contribution in [0.1, 0.15) is 21.1 Å². The van der Waals surface area contributed by atoms with Gasteiger partial charge in [0.05, 0.1) is 0 Å². The van der Waals surface area contributed by atoms with Crippen LogP contribution in [0.4, 0.5) is 26.3 Å². The Hall–Kier alpha value is -1.57. The van der Waals surface area contributed by atoms with E-state index in [0.717, 1.165) is 0 Å². The van der Waals surface area contributed by atoms with Gasteiger partial charge in [-0.05, 0) is 5.56 Å². The summed E-state index contributed by atoms with van der Waals surface area (Å²) in [5.41, 5.74) is -0.964. The highest BCUT2D eigenvalue weighted by molar-refractivity contribution is 7.11. The molecule has 0 saturated heterocycles. The number of benzene rings is 1. The summed E-state index contributed by atoms with van der Waals surface area (Å²) in [7, 11) is 0. The zero-order valence-corrected chi connectivity index (χ0v) is 10.5. The topological polar surface area (TPSA) is 12.9 Å². The molecule has 20 heavy (non-hydrogen) atoms. The SMILES string of the molecule is FC(F)(F)c1nc(C(F)(F)F)c(Cc2ccccc2)s1. The second-order valence-electron chi connectivity index (χ2n) is 3.95. The highest BCUT2D eigenvalue weighted by Crippen LogP contribution is 2.40. The van der Waals surface area contributed by atoms with E-state index in [9.17, 15) is 26.3 Å². The minimum absolute atomic E-state index is 0.0320. The minimum atomic E-state index is -4.90. The first-order valence-electron chi connectivity index (χ1n) is 5.36. The van der Waals surface area contributed by atoms with Gasteiger partial charge in [0.25, 0.3) is 0 Å². The second-order valence-corrected chi connectivity index (χ2v) is 5.03. The Kier molecular flexibility index (Phi) is 3.77. The lowest BCUT2D eigenvalue weighted by atomic mass is 10.1. The van der Waals surface area contributed by atoms with Crippen LogP contribution in [0.2, 0.25) is 0 Å². The fourth-order valence-electron chi connectivity index (χ4n) is 1.60. The van der Waals surface area contributed by atoms with Gasteiger partial charge in [-0.1, -0.05) is 30.3 Å². The normalized spacial score (nSPS) is 12.7. The summed E-state index contributed by atoms with van der Waals surface area (Å²) in [5, 5.41) is -1.48. The van der Waals surface area contributed by atoms with Crippen molar-refractivity contribution < 1.29 is 26.3 Å². The van der Waals surface area contributed by atoms with Crippen molar-refractivity contribution in [3.63, 3.8) is 0 Å². The molecule has 0 fully saturated rings. The number of hydrogen-bond acceptors (Lipinski definition) is 2. The zero-order valence-electron chi connectivity index (χ0n) is 9.72. The Morgan fingerprint density at radius 3 is 2.00 bits per heavy atom. The molecule has 0 radical (unpaired) electrons. The Bertz CT molecular complexity index is 584. The van der Waals surface area contributed by atoms with E-state index in [1.807, 2.05) is 0 Å². The van der Waals surface area contributed by atoms with E-state index in [1.54, 1.807) is 30.3 Å². The quantitative estimate of drug-likeness (QED) is 0.728. The first-order valence-corrected chi connectivity index (χ1v) is 6.17. The van der Waals surface area contributed by atoms with Gasteiger partial charge in [0, 0.05) is 11.3 Å². The summed E-state index contributed by atoms with van der Waals surface area (Å²) in [6.07, 6.45) is -10.0. The van der Waals surface area contributed by atoms with Crippen LogP contribution in [-0.4, -0.2) is 4.98 Å². The summed E-state index contributed by atoms with van der Waals surface area (Å²) in [4.78, 5) is 2.28. The molecule has 0 bridgehead atoms. The molecule has 0 aliphatic rings. The fraction of sp³-hybridized carbons (Fsp3) is 0.250. The lowest BCUT2D eigenvalue weighted by Gasteiger charge is -2.06. The molecule has 0 saturated carbocycles. The van der Waals surface area contributed by atoms with E-state index >= 15 is 0 Å². The molecular formula is C12H7F6NS. The van der Waals surface area contributed by atoms with Crippen molar-refractivity contribution >= 4 is 11.3 Å². The highest BCUT2D eigenvalue weighted by Gasteiger charge is 2.43. The highest BCUT2D eigenvalue weighted by atomic mass is 32.1. The van der Waals surface area contributed by atoms with Crippen LogP contribution in [0.15, 0.2) is 30.3 Å². The summed E-state index contributed by atoms with van der Waals surface area (Å²) in [6.45, 7) is 0. The van der Waals surface area contributed by atoms with Gasteiger partial charge in [-0.3, -0.25) is 0 Å². The van der Waals surface area contributed by atoms with Gasteiger partial charge in [0.2, 0.25) is 0 Å². The number of thiazole rings is 1. The lowest BCUT2D eigenvalue weighted by Crippen LogP contribution is -2.10. The van der Waals surface area contributed by atoms with Crippen molar-refractivity contribution in [3.8, 4) is 0 Å². The number of halogens is 6. The van der Waals surface area contributed by atoms with Gasteiger partial charge >= 0.3 is 12.4 Å². The number of rotatable bonds is 2. The number of hydrogen-bond donors (Lipinski definition) is 0. The summed E-state index contributed by atoms with van der Waals surface area (Å²) < 4.78 is 75.7. The molecule has 1 aromatic heterocycles. The van der Waals surface area contributed by atoms with Crippen LogP contribution in [0, 0.1) is 0 Å². The van der Waals surface area contributed by atoms with Crippen LogP contribution in [0.25, 0.3) is 0 Å². The number of alkyl halides is 6. The van der Waals surface area contributed by atoms with Gasteiger partial charge < -0.3 is 0 Å². The Labute approximate surface area is 113 Å². The lowest BCUT2D eigenvalue weighted by molar-refractivity contribution is -0.147. The molecule has 8 heteroatoms. The molecule has 0 atom stereocenters. The van der Waals surface area contributed by atoms with Crippen LogP contribution < -0.4 is 0 Å². The molecule has 0 aliphatic heterocycles. The molecular weight excluding hydrogens is 304 g/mol. The summed E-state index contributed by atoms with van der Waals surface area (Å²) >= 11 is 0.0320. The Morgan fingerprint density at radius 2 is 1.50 bits per heavy atom. The van der Waals surface area contributed by atoms with E-state index in [2.05, 4.69) is 4.98 Å². The molecule has 2 aromatic rings. The van der Waals surface area contributed by atoms with Crippen molar-refractivity contribution in [1.29, 1.82) is 0 Å². The van der Waals surface area contributed by atoms with Gasteiger partial charge in [0.1, 0.15) is 0 Å². The molecule has 0 N–H and O–H groups in total. The summed E-state index contributed by atoms with van der Waals surface area (Å²) in [6, 6.07) is 7.98. The van der Waals surface area contributed by atoms with Gasteiger partial charge in [-0.2, -0.15) is 26.3 Å². The van der Waals surface area contributed by atoms with Crippen molar-refractivity contribution in [2.75, 3.05) is 0 Å². The molecule has 1 nitrogen and oxygen atoms in total. The largest absolute Gasteiger partial charge is 0.443 e. The van der Waals surface area contributed by atoms with Crippen molar-refractivity contribution in [1.82, 2.24) is 4.98 Å². The first kappa shape index (κ1) is 14.8. The maximum Gasteiger partial charge on any atom is 0.443 e. The van der Waals surface area contributed by atoms with E-state index in [4.69, 9.17) is 0 Å². The Balaban J connectivity index is 2.43. The fourth-order valence-corrected chi connectivity index (χ4v) is 2.58. The van der Waals surface area contributed by atoms with Crippen molar-refractivity contribution in [2.24, 2.45) is 0 Å². The maximum atomic E-state index is 12.7. The third kappa shape index (κ3) is 3.30. The average molecular weight is 311 g/mol. The van der Waals surface area contributed by atoms with Crippen LogP contribution in [0.5, 0.6) is 0 Å². The number of nitrogens with zero attached hydrogens (tertiary/aromatic N) is 1. The van der Waals surface area contributed by atoms with Crippen LogP contribution in [0.3, 0.4) is 0 Å². The van der Waals surface area contributed by atoms with E-state index in [0.29, 0.717) is 5.56 Å². The van der Waals surface area contributed by atoms with Crippen molar-refractivity contribution in [3.05, 3.63) is 51.5 Å². The molecule has 0 spiro atoms. The van der Waals surface area contributed by atoms with Gasteiger partial charge in [0.15, 0.2) is 10.7 Å². The van der Waals surface area contributed by atoms with Crippen LogP contribution in [-0.2, 0) is 18.8 Å². The third-order valence-electron chi connectivity index (χ3n) is 2.42. The van der Waals surface area contributed by atoms with Gasteiger partial charge in [-0.15, -0.1) is 11.3 Å². The maximum absolute atomic E-state index is 12.7. The van der Waals surface area contributed by atoms with Crippen molar-refractivity contribution in [2.45, 2.75) is 18.8 Å². The molecule has 0 amide bonds. The molecule has 1 aromatic carbocycles. The first-order chi connectivity index (χ1) is 9.18. The van der Waals surface area contributed by atoms with Gasteiger partial charge in [-0.25, -0.2) is 4.98 Å². The summed E-state index contributed by atoms with van der Waals surface area (Å²) in [5.74, 6) is 0. The average Bonchev–Trinajstić information content (AvgIpc) is 2.74. The third-order valence-corrected chi connectivity index (χ3v) is 3.52. The molecule has 108 valence electrons. The predicted octanol–water partition coefficient (Wildman–Crippen LogP) is 4.77.